The van der Waals surface area contributed by atoms with E-state index < -0.39 is 6.03 Å². The molecule has 1 saturated heterocycles. The van der Waals surface area contributed by atoms with E-state index in [0.29, 0.717) is 13.0 Å². The van der Waals surface area contributed by atoms with Crippen molar-refractivity contribution in [1.29, 1.82) is 0 Å². The highest BCUT2D eigenvalue weighted by Crippen LogP contribution is 1.96. The van der Waals surface area contributed by atoms with Crippen molar-refractivity contribution in [3.63, 3.8) is 0 Å². The van der Waals surface area contributed by atoms with Crippen LogP contribution in [0.2, 0.25) is 0 Å². The molecule has 0 aromatic heterocycles. The molecule has 1 aliphatic heterocycles. The van der Waals surface area contributed by atoms with Crippen LogP contribution in [0.3, 0.4) is 0 Å². The molecule has 9 heavy (non-hydrogen) atoms. The third kappa shape index (κ3) is 1.19. The molecule has 0 atom stereocenters. The zero-order chi connectivity index (χ0) is 6.85. The molecule has 4 nitrogen and oxygen atoms in total. The summed E-state index contributed by atoms with van der Waals surface area (Å²) in [5.74, 6) is -0.307. The first kappa shape index (κ1) is 6.07. The lowest BCUT2D eigenvalue weighted by atomic mass is 10.3. The third-order valence-electron chi connectivity index (χ3n) is 1.21. The standard InChI is InChI=1S/C5H7N2O2/c1-7-3-2-4(8)6-5(7)9/h2-3H2,1H3. The molecule has 4 heteroatoms. The van der Waals surface area contributed by atoms with Crippen molar-refractivity contribution in [3.8, 4) is 0 Å². The predicted molar refractivity (Wildman–Crippen MR) is 29.8 cm³/mol. The van der Waals surface area contributed by atoms with Gasteiger partial charge in [0.2, 0.25) is 0 Å². The molecule has 1 rings (SSSR count). The van der Waals surface area contributed by atoms with Crippen molar-refractivity contribution in [2.45, 2.75) is 6.42 Å². The average Bonchev–Trinajstić information content (AvgIpc) is 1.80. The van der Waals surface area contributed by atoms with Gasteiger partial charge < -0.3 is 4.90 Å². The number of carbonyl (C=O) groups is 2. The third-order valence-corrected chi connectivity index (χ3v) is 1.21. The van der Waals surface area contributed by atoms with Gasteiger partial charge in [0.15, 0.2) is 0 Å². The van der Waals surface area contributed by atoms with Gasteiger partial charge in [0, 0.05) is 20.0 Å². The number of hydrogen-bond acceptors (Lipinski definition) is 2. The van der Waals surface area contributed by atoms with Crippen LogP contribution in [0.5, 0.6) is 0 Å². The van der Waals surface area contributed by atoms with Crippen LogP contribution >= 0.6 is 0 Å². The van der Waals surface area contributed by atoms with Gasteiger partial charge in [-0.2, -0.15) is 5.32 Å². The molecule has 1 heterocycles. The van der Waals surface area contributed by atoms with Gasteiger partial charge in [0.05, 0.1) is 0 Å². The SMILES string of the molecule is CN1CCC(=O)[N]C1=O. The molecule has 0 N–H and O–H groups in total. The lowest BCUT2D eigenvalue weighted by Gasteiger charge is -2.19. The summed E-state index contributed by atoms with van der Waals surface area (Å²) in [5, 5.41) is 3.21. The Hall–Kier alpha value is -1.06. The largest absolute Gasteiger partial charge is 0.346 e. The highest BCUT2D eigenvalue weighted by Gasteiger charge is 2.20. The quantitative estimate of drug-likeness (QED) is 0.443. The van der Waals surface area contributed by atoms with Crippen LogP contribution in [0.25, 0.3) is 0 Å². The van der Waals surface area contributed by atoms with Crippen LogP contribution in [0.15, 0.2) is 0 Å². The number of urea groups is 1. The summed E-state index contributed by atoms with van der Waals surface area (Å²) in [6.07, 6.45) is 0.363. The van der Waals surface area contributed by atoms with Crippen LogP contribution in [-0.2, 0) is 4.79 Å². The second kappa shape index (κ2) is 2.05. The molecule has 0 unspecified atom stereocenters. The van der Waals surface area contributed by atoms with Gasteiger partial charge in [0.1, 0.15) is 0 Å². The minimum absolute atomic E-state index is 0.307. The van der Waals surface area contributed by atoms with Crippen LogP contribution in [0.4, 0.5) is 4.79 Å². The van der Waals surface area contributed by atoms with Crippen molar-refractivity contribution in [1.82, 2.24) is 10.2 Å². The maximum atomic E-state index is 10.5. The summed E-state index contributed by atoms with van der Waals surface area (Å²) < 4.78 is 0. The smallest absolute Gasteiger partial charge is 0.325 e. The summed E-state index contributed by atoms with van der Waals surface area (Å²) in [5.41, 5.74) is 0. The van der Waals surface area contributed by atoms with Crippen molar-refractivity contribution in [3.05, 3.63) is 0 Å². The number of rotatable bonds is 0. The maximum Gasteiger partial charge on any atom is 0.346 e. The van der Waals surface area contributed by atoms with Gasteiger partial charge in [-0.15, -0.1) is 0 Å². The number of imide groups is 1. The van der Waals surface area contributed by atoms with E-state index in [2.05, 4.69) is 5.32 Å². The molecule has 0 aliphatic carbocycles. The molecule has 0 saturated carbocycles. The minimum atomic E-state index is -0.425. The Balaban J connectivity index is 2.54. The van der Waals surface area contributed by atoms with Crippen LogP contribution in [0.1, 0.15) is 6.42 Å². The molecule has 0 bridgehead atoms. The molecular formula is C5H7N2O2. The van der Waals surface area contributed by atoms with Crippen LogP contribution in [-0.4, -0.2) is 30.4 Å². The summed E-state index contributed by atoms with van der Waals surface area (Å²) in [6.45, 7) is 0.501. The van der Waals surface area contributed by atoms with Gasteiger partial charge in [-0.05, 0) is 0 Å². The molecule has 0 spiro atoms. The normalized spacial score (nSPS) is 19.9. The summed E-state index contributed by atoms with van der Waals surface area (Å²) in [6, 6.07) is -0.425. The fourth-order valence-electron chi connectivity index (χ4n) is 0.607. The molecule has 1 aliphatic rings. The monoisotopic (exact) mass is 127 g/mol. The molecular weight excluding hydrogens is 120 g/mol. The van der Waals surface area contributed by atoms with Crippen molar-refractivity contribution >= 4 is 11.9 Å². The van der Waals surface area contributed by atoms with E-state index in [1.54, 1.807) is 7.05 Å². The van der Waals surface area contributed by atoms with E-state index in [9.17, 15) is 9.59 Å². The van der Waals surface area contributed by atoms with E-state index in [1.165, 1.54) is 4.90 Å². The first-order chi connectivity index (χ1) is 4.20. The average molecular weight is 127 g/mol. The van der Waals surface area contributed by atoms with Crippen LogP contribution in [0, 0.1) is 0 Å². The zero-order valence-corrected chi connectivity index (χ0v) is 5.13. The Morgan fingerprint density at radius 3 is 2.67 bits per heavy atom. The lowest BCUT2D eigenvalue weighted by Crippen LogP contribution is -2.42. The number of nitrogens with zero attached hydrogens (tertiary/aromatic N) is 2. The molecule has 49 valence electrons. The van der Waals surface area contributed by atoms with E-state index >= 15 is 0 Å². The van der Waals surface area contributed by atoms with E-state index in [1.807, 2.05) is 0 Å². The Bertz CT molecular complexity index is 155. The van der Waals surface area contributed by atoms with Crippen molar-refractivity contribution in [2.24, 2.45) is 0 Å². The van der Waals surface area contributed by atoms with Gasteiger partial charge in [-0.3, -0.25) is 4.79 Å². The van der Waals surface area contributed by atoms with Crippen molar-refractivity contribution < 1.29 is 9.59 Å². The fourth-order valence-corrected chi connectivity index (χ4v) is 0.607. The molecule has 0 aromatic carbocycles. The van der Waals surface area contributed by atoms with E-state index in [4.69, 9.17) is 0 Å². The summed E-state index contributed by atoms with van der Waals surface area (Å²) in [4.78, 5) is 22.4. The fraction of sp³-hybridized carbons (Fsp3) is 0.600. The summed E-state index contributed by atoms with van der Waals surface area (Å²) in [7, 11) is 1.62. The highest BCUT2D eigenvalue weighted by atomic mass is 16.2. The topological polar surface area (TPSA) is 51.5 Å². The number of carbonyl (C=O) groups excluding carboxylic acids is 2. The Morgan fingerprint density at radius 1 is 1.56 bits per heavy atom. The first-order valence-electron chi connectivity index (χ1n) is 2.70. The van der Waals surface area contributed by atoms with E-state index in [-0.39, 0.29) is 5.91 Å². The number of amides is 3. The Kier molecular flexibility index (Phi) is 1.38. The molecule has 1 radical (unpaired) electrons. The van der Waals surface area contributed by atoms with Gasteiger partial charge in [-0.25, -0.2) is 4.79 Å². The van der Waals surface area contributed by atoms with Crippen molar-refractivity contribution in [2.75, 3.05) is 13.6 Å². The molecule has 3 amide bonds. The summed E-state index contributed by atoms with van der Waals surface area (Å²) >= 11 is 0. The minimum Gasteiger partial charge on any atom is -0.325 e. The Morgan fingerprint density at radius 2 is 2.22 bits per heavy atom. The highest BCUT2D eigenvalue weighted by molar-refractivity contribution is 5.96. The van der Waals surface area contributed by atoms with Crippen LogP contribution < -0.4 is 5.32 Å². The second-order valence-electron chi connectivity index (χ2n) is 1.96. The van der Waals surface area contributed by atoms with Gasteiger partial charge in [-0.1, -0.05) is 0 Å². The lowest BCUT2D eigenvalue weighted by molar-refractivity contribution is -0.121. The second-order valence-corrected chi connectivity index (χ2v) is 1.96. The first-order valence-corrected chi connectivity index (χ1v) is 2.70. The number of hydrogen-bond donors (Lipinski definition) is 0. The zero-order valence-electron chi connectivity index (χ0n) is 5.13. The Labute approximate surface area is 52.8 Å². The molecule has 0 aromatic rings. The predicted octanol–water partition coefficient (Wildman–Crippen LogP) is -0.427. The van der Waals surface area contributed by atoms with Gasteiger partial charge in [0.25, 0.3) is 5.91 Å². The maximum absolute atomic E-state index is 10.5. The van der Waals surface area contributed by atoms with Gasteiger partial charge >= 0.3 is 6.03 Å². The molecule has 1 fully saturated rings. The van der Waals surface area contributed by atoms with E-state index in [0.717, 1.165) is 0 Å².